The van der Waals surface area contributed by atoms with Gasteiger partial charge in [-0.2, -0.15) is 0 Å². The molecule has 4 nitrogen and oxygen atoms in total. The van der Waals surface area contributed by atoms with Crippen LogP contribution in [0.15, 0.2) is 16.5 Å². The molecule has 1 aromatic rings. The molecule has 3 unspecified atom stereocenters. The van der Waals surface area contributed by atoms with E-state index in [-0.39, 0.29) is 23.9 Å². The van der Waals surface area contributed by atoms with Crippen molar-refractivity contribution < 1.29 is 9.21 Å². The lowest BCUT2D eigenvalue weighted by molar-refractivity contribution is -0.126. The minimum Gasteiger partial charge on any atom is -0.464 e. The van der Waals surface area contributed by atoms with Crippen molar-refractivity contribution in [3.8, 4) is 0 Å². The molecule has 1 aliphatic carbocycles. The standard InChI is InChI=1S/C15H24N2O2/c1-10-8-9-14(19-10)11(2)17-15(18)12-6-4-3-5-7-13(12)16/h8-9,11-13H,3-7,16H2,1-2H3,(H,17,18). The summed E-state index contributed by atoms with van der Waals surface area (Å²) in [6.45, 7) is 3.84. The average molecular weight is 264 g/mol. The van der Waals surface area contributed by atoms with Crippen LogP contribution in [-0.2, 0) is 4.79 Å². The second kappa shape index (κ2) is 6.24. The molecule has 2 rings (SSSR count). The highest BCUT2D eigenvalue weighted by Crippen LogP contribution is 2.24. The van der Waals surface area contributed by atoms with Crippen LogP contribution in [0.5, 0.6) is 0 Å². The zero-order chi connectivity index (χ0) is 13.8. The number of furan rings is 1. The van der Waals surface area contributed by atoms with E-state index in [4.69, 9.17) is 10.2 Å². The zero-order valence-electron chi connectivity index (χ0n) is 11.8. The highest BCUT2D eigenvalue weighted by atomic mass is 16.3. The number of hydrogen-bond acceptors (Lipinski definition) is 3. The summed E-state index contributed by atoms with van der Waals surface area (Å²) in [6.07, 6.45) is 5.27. The van der Waals surface area contributed by atoms with Crippen molar-refractivity contribution in [2.24, 2.45) is 11.7 Å². The topological polar surface area (TPSA) is 68.3 Å². The van der Waals surface area contributed by atoms with Crippen LogP contribution in [0.25, 0.3) is 0 Å². The van der Waals surface area contributed by atoms with Crippen LogP contribution in [0.4, 0.5) is 0 Å². The Hall–Kier alpha value is -1.29. The van der Waals surface area contributed by atoms with E-state index in [0.29, 0.717) is 0 Å². The molecule has 1 saturated carbocycles. The number of carbonyl (C=O) groups is 1. The molecule has 0 saturated heterocycles. The molecule has 1 fully saturated rings. The summed E-state index contributed by atoms with van der Waals surface area (Å²) >= 11 is 0. The molecule has 1 amide bonds. The van der Waals surface area contributed by atoms with Crippen LogP contribution in [0.1, 0.15) is 56.6 Å². The van der Waals surface area contributed by atoms with Gasteiger partial charge in [-0.15, -0.1) is 0 Å². The van der Waals surface area contributed by atoms with E-state index in [1.807, 2.05) is 26.0 Å². The minimum atomic E-state index is -0.100. The van der Waals surface area contributed by atoms with Crippen molar-refractivity contribution in [3.63, 3.8) is 0 Å². The molecular weight excluding hydrogens is 240 g/mol. The summed E-state index contributed by atoms with van der Waals surface area (Å²) in [4.78, 5) is 12.3. The summed E-state index contributed by atoms with van der Waals surface area (Å²) in [6, 6.07) is 3.72. The predicted octanol–water partition coefficient (Wildman–Crippen LogP) is 2.67. The van der Waals surface area contributed by atoms with E-state index in [1.54, 1.807) is 0 Å². The molecule has 3 atom stereocenters. The Morgan fingerprint density at radius 3 is 2.79 bits per heavy atom. The van der Waals surface area contributed by atoms with Crippen molar-refractivity contribution in [3.05, 3.63) is 23.7 Å². The third-order valence-electron chi connectivity index (χ3n) is 3.95. The first-order valence-electron chi connectivity index (χ1n) is 7.20. The van der Waals surface area contributed by atoms with Crippen molar-refractivity contribution in [1.29, 1.82) is 0 Å². The summed E-state index contributed by atoms with van der Waals surface area (Å²) < 4.78 is 5.54. The maximum absolute atomic E-state index is 12.3. The van der Waals surface area contributed by atoms with Crippen molar-refractivity contribution in [1.82, 2.24) is 5.32 Å². The fourth-order valence-corrected chi connectivity index (χ4v) is 2.74. The van der Waals surface area contributed by atoms with Crippen LogP contribution in [0.2, 0.25) is 0 Å². The molecule has 1 heterocycles. The minimum absolute atomic E-state index is 0.00645. The molecule has 0 bridgehead atoms. The molecule has 0 aliphatic heterocycles. The number of nitrogens with two attached hydrogens (primary N) is 1. The average Bonchev–Trinajstić information content (AvgIpc) is 2.68. The Morgan fingerprint density at radius 1 is 1.37 bits per heavy atom. The normalized spacial score (nSPS) is 25.6. The Labute approximate surface area is 114 Å². The van der Waals surface area contributed by atoms with E-state index >= 15 is 0 Å². The first kappa shape index (κ1) is 14.1. The Balaban J connectivity index is 1.95. The third-order valence-corrected chi connectivity index (χ3v) is 3.95. The smallest absolute Gasteiger partial charge is 0.225 e. The molecule has 1 aliphatic rings. The lowest BCUT2D eigenvalue weighted by Crippen LogP contribution is -2.42. The van der Waals surface area contributed by atoms with Gasteiger partial charge in [0.1, 0.15) is 11.5 Å². The Morgan fingerprint density at radius 2 is 2.11 bits per heavy atom. The molecule has 0 spiro atoms. The summed E-state index contributed by atoms with van der Waals surface area (Å²) in [5.74, 6) is 1.67. The molecule has 0 aromatic carbocycles. The first-order valence-corrected chi connectivity index (χ1v) is 7.20. The molecule has 3 N–H and O–H groups in total. The van der Waals surface area contributed by atoms with Crippen LogP contribution < -0.4 is 11.1 Å². The van der Waals surface area contributed by atoms with Gasteiger partial charge < -0.3 is 15.5 Å². The van der Waals surface area contributed by atoms with Crippen molar-refractivity contribution >= 4 is 5.91 Å². The quantitative estimate of drug-likeness (QED) is 0.825. The third kappa shape index (κ3) is 3.60. The second-order valence-corrected chi connectivity index (χ2v) is 5.59. The van der Waals surface area contributed by atoms with Gasteiger partial charge in [0.15, 0.2) is 0 Å². The number of aryl methyl sites for hydroxylation is 1. The fraction of sp³-hybridized carbons (Fsp3) is 0.667. The van der Waals surface area contributed by atoms with Crippen LogP contribution in [-0.4, -0.2) is 11.9 Å². The lowest BCUT2D eigenvalue weighted by Gasteiger charge is -2.22. The lowest BCUT2D eigenvalue weighted by atomic mass is 9.94. The number of carbonyl (C=O) groups excluding carboxylic acids is 1. The molecule has 106 valence electrons. The highest BCUT2D eigenvalue weighted by molar-refractivity contribution is 5.79. The highest BCUT2D eigenvalue weighted by Gasteiger charge is 2.28. The first-order chi connectivity index (χ1) is 9.08. The van der Waals surface area contributed by atoms with E-state index in [1.165, 1.54) is 6.42 Å². The number of amides is 1. The Kier molecular flexibility index (Phi) is 4.64. The fourth-order valence-electron chi connectivity index (χ4n) is 2.74. The molecular formula is C15H24N2O2. The SMILES string of the molecule is Cc1ccc(C(C)NC(=O)C2CCCCCC2N)o1. The van der Waals surface area contributed by atoms with Gasteiger partial charge in [-0.05, 0) is 38.8 Å². The number of rotatable bonds is 3. The summed E-state index contributed by atoms with van der Waals surface area (Å²) in [5, 5.41) is 3.02. The van der Waals surface area contributed by atoms with E-state index in [2.05, 4.69) is 5.32 Å². The maximum atomic E-state index is 12.3. The molecule has 1 aromatic heterocycles. The van der Waals surface area contributed by atoms with Gasteiger partial charge in [-0.1, -0.05) is 19.3 Å². The van der Waals surface area contributed by atoms with Crippen LogP contribution in [0, 0.1) is 12.8 Å². The summed E-state index contributed by atoms with van der Waals surface area (Å²) in [5.41, 5.74) is 6.11. The summed E-state index contributed by atoms with van der Waals surface area (Å²) in [7, 11) is 0. The van der Waals surface area contributed by atoms with Gasteiger partial charge in [0.05, 0.1) is 12.0 Å². The van der Waals surface area contributed by atoms with Crippen LogP contribution in [0.3, 0.4) is 0 Å². The van der Waals surface area contributed by atoms with Gasteiger partial charge in [-0.25, -0.2) is 0 Å². The Bertz CT molecular complexity index is 428. The van der Waals surface area contributed by atoms with E-state index in [0.717, 1.165) is 37.2 Å². The van der Waals surface area contributed by atoms with Gasteiger partial charge in [0.2, 0.25) is 5.91 Å². The van der Waals surface area contributed by atoms with Crippen LogP contribution >= 0.6 is 0 Å². The van der Waals surface area contributed by atoms with E-state index < -0.39 is 0 Å². The number of nitrogens with one attached hydrogen (secondary N) is 1. The van der Waals surface area contributed by atoms with Gasteiger partial charge in [0, 0.05) is 6.04 Å². The molecule has 19 heavy (non-hydrogen) atoms. The monoisotopic (exact) mass is 264 g/mol. The van der Waals surface area contributed by atoms with Crippen molar-refractivity contribution in [2.45, 2.75) is 58.0 Å². The largest absolute Gasteiger partial charge is 0.464 e. The van der Waals surface area contributed by atoms with Gasteiger partial charge >= 0.3 is 0 Å². The second-order valence-electron chi connectivity index (χ2n) is 5.59. The van der Waals surface area contributed by atoms with E-state index in [9.17, 15) is 4.79 Å². The van der Waals surface area contributed by atoms with Crippen molar-refractivity contribution in [2.75, 3.05) is 0 Å². The molecule has 0 radical (unpaired) electrons. The predicted molar refractivity (Wildman–Crippen MR) is 74.6 cm³/mol. The van der Waals surface area contributed by atoms with Gasteiger partial charge in [0.25, 0.3) is 0 Å². The number of hydrogen-bond donors (Lipinski definition) is 2. The van der Waals surface area contributed by atoms with Gasteiger partial charge in [-0.3, -0.25) is 4.79 Å². The zero-order valence-corrected chi connectivity index (χ0v) is 11.8. The molecule has 4 heteroatoms. The maximum Gasteiger partial charge on any atom is 0.225 e.